The number of halogens is 6. The molecule has 37 heavy (non-hydrogen) atoms. The first kappa shape index (κ1) is 27.8. The van der Waals surface area contributed by atoms with E-state index in [1.165, 1.54) is 27.3 Å². The maximum atomic E-state index is 13.3. The molecule has 0 saturated carbocycles. The molecule has 3 aromatic heterocycles. The highest BCUT2D eigenvalue weighted by atomic mass is 19.4. The Morgan fingerprint density at radius 2 is 1.84 bits per heavy atom. The molecule has 0 fully saturated rings. The molecule has 0 bridgehead atoms. The topological polar surface area (TPSA) is 93.9 Å². The van der Waals surface area contributed by atoms with Crippen molar-refractivity contribution in [1.82, 2.24) is 29.6 Å². The van der Waals surface area contributed by atoms with Gasteiger partial charge in [-0.3, -0.25) is 0 Å². The Balaban J connectivity index is 1.86. The van der Waals surface area contributed by atoms with Crippen molar-refractivity contribution in [2.75, 3.05) is 20.8 Å². The monoisotopic (exact) mass is 534 g/mol. The van der Waals surface area contributed by atoms with E-state index in [1.54, 1.807) is 34.4 Å². The van der Waals surface area contributed by atoms with E-state index in [0.717, 1.165) is 4.90 Å². The van der Waals surface area contributed by atoms with Crippen LogP contribution in [0.5, 0.6) is 11.8 Å². The number of pyridine rings is 1. The van der Waals surface area contributed by atoms with Gasteiger partial charge in [0.1, 0.15) is 6.04 Å². The number of aromatic nitrogens is 4. The van der Waals surface area contributed by atoms with E-state index < -0.39 is 37.3 Å². The van der Waals surface area contributed by atoms with Crippen LogP contribution >= 0.6 is 0 Å². The number of urea groups is 1. The van der Waals surface area contributed by atoms with Crippen LogP contribution in [0.15, 0.2) is 30.9 Å². The minimum Gasteiger partial charge on any atom is -0.481 e. The molecule has 2 amide bonds. The van der Waals surface area contributed by atoms with Crippen molar-refractivity contribution in [3.63, 3.8) is 0 Å². The maximum absolute atomic E-state index is 13.3. The zero-order valence-corrected chi connectivity index (χ0v) is 20.0. The Hall–Kier alpha value is -3.78. The number of hydrogen-bond donors (Lipinski definition) is 1. The predicted octanol–water partition coefficient (Wildman–Crippen LogP) is 4.61. The van der Waals surface area contributed by atoms with Crippen molar-refractivity contribution >= 4 is 11.7 Å². The van der Waals surface area contributed by atoms with Crippen LogP contribution in [0.25, 0.3) is 16.9 Å². The summed E-state index contributed by atoms with van der Waals surface area (Å²) in [4.78, 5) is 26.4. The largest absolute Gasteiger partial charge is 0.481 e. The fraction of sp³-hybridized carbons (Fsp3) is 0.455. The quantitative estimate of drug-likeness (QED) is 0.403. The van der Waals surface area contributed by atoms with Crippen LogP contribution in [0.4, 0.5) is 31.1 Å². The maximum Gasteiger partial charge on any atom is 0.408 e. The first-order valence-corrected chi connectivity index (χ1v) is 11.0. The van der Waals surface area contributed by atoms with Crippen molar-refractivity contribution in [2.45, 2.75) is 44.7 Å². The average Bonchev–Trinajstić information content (AvgIpc) is 3.31. The number of imidazole rings is 1. The predicted molar refractivity (Wildman–Crippen MR) is 119 cm³/mol. The number of ether oxygens (including phenoxy) is 2. The van der Waals surface area contributed by atoms with Gasteiger partial charge in [0.15, 0.2) is 5.65 Å². The van der Waals surface area contributed by atoms with E-state index in [4.69, 9.17) is 9.47 Å². The fourth-order valence-corrected chi connectivity index (χ4v) is 3.51. The van der Waals surface area contributed by atoms with Gasteiger partial charge in [-0.25, -0.2) is 19.7 Å². The van der Waals surface area contributed by atoms with Gasteiger partial charge in [0.2, 0.25) is 5.88 Å². The lowest BCUT2D eigenvalue weighted by molar-refractivity contribution is -0.171. The molecule has 1 N–H and O–H groups in total. The second-order valence-corrected chi connectivity index (χ2v) is 7.90. The normalized spacial score (nSPS) is 12.9. The number of nitrogens with zero attached hydrogens (tertiary/aromatic N) is 5. The smallest absolute Gasteiger partial charge is 0.408 e. The zero-order chi connectivity index (χ0) is 27.4. The van der Waals surface area contributed by atoms with Crippen LogP contribution in [-0.2, 0) is 6.54 Å². The average molecular weight is 534 g/mol. The van der Waals surface area contributed by atoms with Crippen molar-refractivity contribution < 1.29 is 40.6 Å². The summed E-state index contributed by atoms with van der Waals surface area (Å²) in [6, 6.07) is -2.25. The van der Waals surface area contributed by atoms with Crippen LogP contribution in [0.3, 0.4) is 0 Å². The molecule has 1 atom stereocenters. The Kier molecular flexibility index (Phi) is 8.33. The summed E-state index contributed by atoms with van der Waals surface area (Å²) in [5.41, 5.74) is 1.73. The second-order valence-electron chi connectivity index (χ2n) is 7.90. The van der Waals surface area contributed by atoms with Gasteiger partial charge in [0.25, 0.3) is 5.88 Å². The van der Waals surface area contributed by atoms with Crippen molar-refractivity contribution in [2.24, 2.45) is 0 Å². The number of fused-ring (bicyclic) bond motifs is 1. The summed E-state index contributed by atoms with van der Waals surface area (Å²) < 4.78 is 89.6. The van der Waals surface area contributed by atoms with Gasteiger partial charge in [-0.05, 0) is 19.4 Å². The van der Waals surface area contributed by atoms with Crippen LogP contribution in [-0.4, -0.2) is 69.4 Å². The molecule has 3 aromatic rings. The number of rotatable bonds is 9. The van der Waals surface area contributed by atoms with Gasteiger partial charge in [-0.15, -0.1) is 0 Å². The number of methoxy groups -OCH3 is 2. The summed E-state index contributed by atoms with van der Waals surface area (Å²) in [7, 11) is 2.76. The number of amides is 2. The molecule has 15 heteroatoms. The number of carbonyl (C=O) groups excluding carboxylic acids is 1. The summed E-state index contributed by atoms with van der Waals surface area (Å²) in [5.74, 6) is 0.349. The molecule has 0 saturated heterocycles. The third-order valence-corrected chi connectivity index (χ3v) is 5.39. The Morgan fingerprint density at radius 1 is 1.14 bits per heavy atom. The Morgan fingerprint density at radius 3 is 2.43 bits per heavy atom. The number of nitrogens with one attached hydrogen (secondary N) is 1. The molecule has 202 valence electrons. The minimum absolute atomic E-state index is 0.0455. The van der Waals surface area contributed by atoms with Gasteiger partial charge in [0, 0.05) is 48.9 Å². The molecule has 0 radical (unpaired) electrons. The zero-order valence-electron chi connectivity index (χ0n) is 20.0. The molecule has 0 aliphatic rings. The van der Waals surface area contributed by atoms with E-state index in [0.29, 0.717) is 22.5 Å². The Labute approximate surface area is 207 Å². The van der Waals surface area contributed by atoms with E-state index in [-0.39, 0.29) is 24.8 Å². The molecule has 0 aliphatic heterocycles. The van der Waals surface area contributed by atoms with Gasteiger partial charge < -0.3 is 24.1 Å². The number of carbonyl (C=O) groups is 1. The first-order chi connectivity index (χ1) is 17.4. The van der Waals surface area contributed by atoms with Gasteiger partial charge in [0.05, 0.1) is 26.5 Å². The van der Waals surface area contributed by atoms with Gasteiger partial charge in [-0.2, -0.15) is 26.3 Å². The van der Waals surface area contributed by atoms with Crippen molar-refractivity contribution in [3.8, 4) is 23.0 Å². The standard InChI is InChI=1S/C22H24F6N6O3/c1-4-33(20(35)32-16(22(26,27)28)5-6-21(23,24)25)11-14-9-13(10-30-18(14)36-2)15-12-34-8-7-29-17(34)19(31-15)37-3/h7-10,12,16H,4-6,11H2,1-3H3,(H,32,35)/t16-/m0/s1. The van der Waals surface area contributed by atoms with E-state index >= 15 is 0 Å². The highest BCUT2D eigenvalue weighted by Gasteiger charge is 2.43. The first-order valence-electron chi connectivity index (χ1n) is 11.0. The molecule has 0 aromatic carbocycles. The highest BCUT2D eigenvalue weighted by molar-refractivity contribution is 5.75. The Bertz CT molecular complexity index is 1230. The summed E-state index contributed by atoms with van der Waals surface area (Å²) in [6.45, 7) is 1.23. The highest BCUT2D eigenvalue weighted by Crippen LogP contribution is 2.30. The van der Waals surface area contributed by atoms with E-state index in [2.05, 4.69) is 15.0 Å². The summed E-state index contributed by atoms with van der Waals surface area (Å²) in [5, 5.41) is 1.68. The SMILES string of the molecule is CCN(Cc1cc(-c2cn3ccnc3c(OC)n2)cnc1OC)C(=O)N[C@@H](CCC(F)(F)F)C(F)(F)F. The molecular weight excluding hydrogens is 510 g/mol. The molecule has 3 heterocycles. The lowest BCUT2D eigenvalue weighted by atomic mass is 10.1. The fourth-order valence-electron chi connectivity index (χ4n) is 3.51. The molecule has 9 nitrogen and oxygen atoms in total. The van der Waals surface area contributed by atoms with E-state index in [9.17, 15) is 31.1 Å². The summed E-state index contributed by atoms with van der Waals surface area (Å²) >= 11 is 0. The lowest BCUT2D eigenvalue weighted by Crippen LogP contribution is -2.50. The van der Waals surface area contributed by atoms with Crippen LogP contribution in [0.1, 0.15) is 25.3 Å². The molecule has 0 aliphatic carbocycles. The second kappa shape index (κ2) is 11.1. The van der Waals surface area contributed by atoms with Gasteiger partial charge >= 0.3 is 18.4 Å². The lowest BCUT2D eigenvalue weighted by Gasteiger charge is -2.27. The number of alkyl halides is 6. The number of hydrogen-bond acceptors (Lipinski definition) is 6. The molecule has 0 unspecified atom stereocenters. The van der Waals surface area contributed by atoms with Crippen LogP contribution < -0.4 is 14.8 Å². The molecular formula is C22H24F6N6O3. The molecule has 3 rings (SSSR count). The van der Waals surface area contributed by atoms with Crippen LogP contribution in [0.2, 0.25) is 0 Å². The third-order valence-electron chi connectivity index (χ3n) is 5.39. The van der Waals surface area contributed by atoms with Crippen molar-refractivity contribution in [3.05, 3.63) is 36.4 Å². The van der Waals surface area contributed by atoms with Crippen LogP contribution in [0, 0.1) is 0 Å². The third kappa shape index (κ3) is 6.92. The summed E-state index contributed by atoms with van der Waals surface area (Å²) in [6.07, 6.45) is -6.52. The molecule has 0 spiro atoms. The minimum atomic E-state index is -5.06. The van der Waals surface area contributed by atoms with E-state index in [1.807, 2.05) is 0 Å². The van der Waals surface area contributed by atoms with Crippen molar-refractivity contribution in [1.29, 1.82) is 0 Å². The van der Waals surface area contributed by atoms with Gasteiger partial charge in [-0.1, -0.05) is 0 Å².